The van der Waals surface area contributed by atoms with E-state index < -0.39 is 36.3 Å². The fourth-order valence-electron chi connectivity index (χ4n) is 2.86. The molecule has 1 aliphatic heterocycles. The molecule has 2 aromatic carbocycles. The Hall–Kier alpha value is -3.68. The number of imide groups is 1. The van der Waals surface area contributed by atoms with Gasteiger partial charge in [0.05, 0.1) is 23.9 Å². The Morgan fingerprint density at radius 3 is 2.18 bits per heavy atom. The van der Waals surface area contributed by atoms with E-state index in [0.717, 1.165) is 4.90 Å². The van der Waals surface area contributed by atoms with E-state index in [9.17, 15) is 19.2 Å². The van der Waals surface area contributed by atoms with E-state index in [0.29, 0.717) is 11.4 Å². The number of esters is 1. The van der Waals surface area contributed by atoms with Crippen LogP contribution in [0.2, 0.25) is 0 Å². The van der Waals surface area contributed by atoms with Gasteiger partial charge in [0.25, 0.3) is 17.7 Å². The summed E-state index contributed by atoms with van der Waals surface area (Å²) < 4.78 is 10.1. The normalized spacial score (nSPS) is 13.7. The predicted octanol–water partition coefficient (Wildman–Crippen LogP) is 1.86. The first-order chi connectivity index (χ1) is 13.4. The van der Waals surface area contributed by atoms with Crippen LogP contribution in [0.15, 0.2) is 48.5 Å². The molecule has 1 aliphatic rings. The van der Waals surface area contributed by atoms with Crippen LogP contribution in [0.5, 0.6) is 5.75 Å². The number of para-hydroxylation sites is 2. The van der Waals surface area contributed by atoms with Gasteiger partial charge in [-0.05, 0) is 31.2 Å². The molecule has 8 nitrogen and oxygen atoms in total. The van der Waals surface area contributed by atoms with Crippen LogP contribution in [0.25, 0.3) is 0 Å². The molecule has 0 bridgehead atoms. The van der Waals surface area contributed by atoms with E-state index in [1.165, 1.54) is 26.2 Å². The standard InChI is InChI=1S/C20H18N2O6/c1-12(22-18(24)13-7-3-4-8-14(13)19(22)25)20(26)28-11-17(23)21-15-9-5-6-10-16(15)27-2/h3-10,12H,11H2,1-2H3,(H,21,23)/t12-/m0/s1. The molecule has 0 unspecified atom stereocenters. The van der Waals surface area contributed by atoms with Gasteiger partial charge < -0.3 is 14.8 Å². The summed E-state index contributed by atoms with van der Waals surface area (Å²) in [7, 11) is 1.47. The van der Waals surface area contributed by atoms with E-state index in [1.807, 2.05) is 0 Å². The summed E-state index contributed by atoms with van der Waals surface area (Å²) in [4.78, 5) is 50.0. The molecule has 0 spiro atoms. The number of ether oxygens (including phenoxy) is 2. The summed E-state index contributed by atoms with van der Waals surface area (Å²) in [6.45, 7) is 0.812. The van der Waals surface area contributed by atoms with Crippen molar-refractivity contribution >= 4 is 29.4 Å². The topological polar surface area (TPSA) is 102 Å². The number of anilines is 1. The minimum absolute atomic E-state index is 0.237. The number of amides is 3. The second-order valence-electron chi connectivity index (χ2n) is 6.06. The van der Waals surface area contributed by atoms with Gasteiger partial charge in [-0.3, -0.25) is 19.3 Å². The Bertz CT molecular complexity index is 920. The quantitative estimate of drug-likeness (QED) is 0.604. The summed E-state index contributed by atoms with van der Waals surface area (Å²) in [5.41, 5.74) is 0.904. The number of rotatable bonds is 6. The van der Waals surface area contributed by atoms with Crippen molar-refractivity contribution in [3.8, 4) is 5.75 Å². The molecule has 0 aliphatic carbocycles. The van der Waals surface area contributed by atoms with Crippen molar-refractivity contribution in [2.75, 3.05) is 19.0 Å². The molecule has 0 saturated carbocycles. The number of fused-ring (bicyclic) bond motifs is 1. The molecule has 1 heterocycles. The monoisotopic (exact) mass is 382 g/mol. The molecule has 3 rings (SSSR count). The zero-order chi connectivity index (χ0) is 20.3. The van der Waals surface area contributed by atoms with E-state index in [1.54, 1.807) is 36.4 Å². The van der Waals surface area contributed by atoms with Gasteiger partial charge in [0.2, 0.25) is 0 Å². The fourth-order valence-corrected chi connectivity index (χ4v) is 2.86. The van der Waals surface area contributed by atoms with Crippen LogP contribution in [0.3, 0.4) is 0 Å². The summed E-state index contributed by atoms with van der Waals surface area (Å²) in [6.07, 6.45) is 0. The highest BCUT2D eigenvalue weighted by molar-refractivity contribution is 6.22. The molecule has 0 aromatic heterocycles. The van der Waals surface area contributed by atoms with E-state index >= 15 is 0 Å². The predicted molar refractivity (Wildman–Crippen MR) is 99.0 cm³/mol. The van der Waals surface area contributed by atoms with Crippen molar-refractivity contribution in [1.29, 1.82) is 0 Å². The zero-order valence-corrected chi connectivity index (χ0v) is 15.3. The average molecular weight is 382 g/mol. The first-order valence-electron chi connectivity index (χ1n) is 8.50. The smallest absolute Gasteiger partial charge is 0.329 e. The maximum absolute atomic E-state index is 12.4. The van der Waals surface area contributed by atoms with Crippen molar-refractivity contribution < 1.29 is 28.7 Å². The molecular formula is C20H18N2O6. The first-order valence-corrected chi connectivity index (χ1v) is 8.50. The van der Waals surface area contributed by atoms with Gasteiger partial charge in [0, 0.05) is 0 Å². The molecule has 28 heavy (non-hydrogen) atoms. The highest BCUT2D eigenvalue weighted by Gasteiger charge is 2.41. The maximum Gasteiger partial charge on any atom is 0.329 e. The number of nitrogens with one attached hydrogen (secondary N) is 1. The number of methoxy groups -OCH3 is 1. The molecule has 0 saturated heterocycles. The van der Waals surface area contributed by atoms with Crippen molar-refractivity contribution in [1.82, 2.24) is 4.90 Å². The summed E-state index contributed by atoms with van der Waals surface area (Å²) >= 11 is 0. The van der Waals surface area contributed by atoms with E-state index in [-0.39, 0.29) is 11.1 Å². The van der Waals surface area contributed by atoms with Crippen LogP contribution < -0.4 is 10.1 Å². The average Bonchev–Trinajstić information content (AvgIpc) is 2.96. The van der Waals surface area contributed by atoms with Gasteiger partial charge in [-0.1, -0.05) is 24.3 Å². The Morgan fingerprint density at radius 2 is 1.57 bits per heavy atom. The van der Waals surface area contributed by atoms with Crippen LogP contribution >= 0.6 is 0 Å². The van der Waals surface area contributed by atoms with Gasteiger partial charge in [0.1, 0.15) is 11.8 Å². The van der Waals surface area contributed by atoms with Gasteiger partial charge in [-0.15, -0.1) is 0 Å². The number of carbonyl (C=O) groups excluding carboxylic acids is 4. The van der Waals surface area contributed by atoms with Crippen LogP contribution in [0.4, 0.5) is 5.69 Å². The third kappa shape index (κ3) is 3.57. The molecule has 3 amide bonds. The molecule has 0 radical (unpaired) electrons. The highest BCUT2D eigenvalue weighted by Crippen LogP contribution is 2.25. The molecule has 1 atom stereocenters. The lowest BCUT2D eigenvalue weighted by molar-refractivity contribution is -0.150. The van der Waals surface area contributed by atoms with Gasteiger partial charge >= 0.3 is 5.97 Å². The van der Waals surface area contributed by atoms with Crippen molar-refractivity contribution in [3.05, 3.63) is 59.7 Å². The number of hydrogen-bond donors (Lipinski definition) is 1. The summed E-state index contributed by atoms with van der Waals surface area (Å²) in [5, 5.41) is 2.57. The highest BCUT2D eigenvalue weighted by atomic mass is 16.5. The van der Waals surface area contributed by atoms with Gasteiger partial charge in [-0.25, -0.2) is 4.79 Å². The summed E-state index contributed by atoms with van der Waals surface area (Å²) in [6, 6.07) is 11.9. The van der Waals surface area contributed by atoms with Crippen LogP contribution in [-0.2, 0) is 14.3 Å². The second kappa shape index (κ2) is 7.91. The minimum atomic E-state index is -1.16. The van der Waals surface area contributed by atoms with Crippen LogP contribution in [0.1, 0.15) is 27.6 Å². The van der Waals surface area contributed by atoms with E-state index in [2.05, 4.69) is 5.32 Å². The molecule has 1 N–H and O–H groups in total. The number of benzene rings is 2. The van der Waals surface area contributed by atoms with Crippen LogP contribution in [0, 0.1) is 0 Å². The van der Waals surface area contributed by atoms with Crippen LogP contribution in [-0.4, -0.2) is 48.3 Å². The first kappa shape index (κ1) is 19.1. The molecule has 144 valence electrons. The second-order valence-corrected chi connectivity index (χ2v) is 6.06. The number of nitrogens with zero attached hydrogens (tertiary/aromatic N) is 1. The van der Waals surface area contributed by atoms with Crippen molar-refractivity contribution in [3.63, 3.8) is 0 Å². The number of carbonyl (C=O) groups is 4. The lowest BCUT2D eigenvalue weighted by atomic mass is 10.1. The van der Waals surface area contributed by atoms with Gasteiger partial charge in [0.15, 0.2) is 6.61 Å². The van der Waals surface area contributed by atoms with Crippen molar-refractivity contribution in [2.24, 2.45) is 0 Å². The Labute approximate surface area is 161 Å². The van der Waals surface area contributed by atoms with E-state index in [4.69, 9.17) is 9.47 Å². The minimum Gasteiger partial charge on any atom is -0.495 e. The Kier molecular flexibility index (Phi) is 5.39. The molecule has 2 aromatic rings. The van der Waals surface area contributed by atoms with Crippen molar-refractivity contribution in [2.45, 2.75) is 13.0 Å². The van der Waals surface area contributed by atoms with Gasteiger partial charge in [-0.2, -0.15) is 0 Å². The largest absolute Gasteiger partial charge is 0.495 e. The SMILES string of the molecule is COc1ccccc1NC(=O)COC(=O)[C@H](C)N1C(=O)c2ccccc2C1=O. The third-order valence-corrected chi connectivity index (χ3v) is 4.28. The maximum atomic E-state index is 12.4. The lowest BCUT2D eigenvalue weighted by Gasteiger charge is -2.20. The molecule has 0 fully saturated rings. The molecular weight excluding hydrogens is 364 g/mol. The Morgan fingerprint density at radius 1 is 1.00 bits per heavy atom. The Balaban J connectivity index is 1.60. The third-order valence-electron chi connectivity index (χ3n) is 4.28. The zero-order valence-electron chi connectivity index (χ0n) is 15.3. The summed E-state index contributed by atoms with van der Waals surface area (Å²) in [5.74, 6) is -2.11. The lowest BCUT2D eigenvalue weighted by Crippen LogP contribution is -2.44. The fraction of sp³-hybridized carbons (Fsp3) is 0.200. The number of hydrogen-bond acceptors (Lipinski definition) is 6. The molecule has 8 heteroatoms.